The Morgan fingerprint density at radius 1 is 0.957 bits per heavy atom. The number of hydrogen-bond acceptors (Lipinski definition) is 3. The lowest BCUT2D eigenvalue weighted by Gasteiger charge is -2.27. The summed E-state index contributed by atoms with van der Waals surface area (Å²) in [6.45, 7) is 2.42. The topological polar surface area (TPSA) is 40.6 Å². The first-order chi connectivity index (χ1) is 11.2. The van der Waals surface area contributed by atoms with E-state index in [2.05, 4.69) is 4.90 Å². The molecule has 0 N–H and O–H groups in total. The van der Waals surface area contributed by atoms with Crippen molar-refractivity contribution in [1.29, 1.82) is 0 Å². The SMILES string of the molecule is O=S(=O)(c1ccccc1)N1CC2CCCN2Cc2ccccc21. The van der Waals surface area contributed by atoms with Gasteiger partial charge >= 0.3 is 0 Å². The van der Waals surface area contributed by atoms with Crippen molar-refractivity contribution in [3.8, 4) is 0 Å². The predicted octanol–water partition coefficient (Wildman–Crippen LogP) is 2.86. The molecule has 4 rings (SSSR count). The van der Waals surface area contributed by atoms with Crippen LogP contribution in [0, 0.1) is 0 Å². The Kier molecular flexibility index (Phi) is 3.62. The summed E-state index contributed by atoms with van der Waals surface area (Å²) >= 11 is 0. The molecule has 0 aromatic heterocycles. The summed E-state index contributed by atoms with van der Waals surface area (Å²) in [5, 5.41) is 0. The molecular weight excluding hydrogens is 308 g/mol. The molecular formula is C18H20N2O2S. The van der Waals surface area contributed by atoms with Crippen LogP contribution in [0.3, 0.4) is 0 Å². The highest BCUT2D eigenvalue weighted by Crippen LogP contribution is 2.34. The highest BCUT2D eigenvalue weighted by molar-refractivity contribution is 7.92. The Hall–Kier alpha value is -1.85. The van der Waals surface area contributed by atoms with Crippen LogP contribution in [0.1, 0.15) is 18.4 Å². The average Bonchev–Trinajstić information content (AvgIpc) is 2.94. The monoisotopic (exact) mass is 328 g/mol. The smallest absolute Gasteiger partial charge is 0.264 e. The number of fused-ring (bicyclic) bond motifs is 2. The van der Waals surface area contributed by atoms with E-state index in [1.165, 1.54) is 0 Å². The molecule has 1 atom stereocenters. The van der Waals surface area contributed by atoms with Gasteiger partial charge in [0.05, 0.1) is 10.6 Å². The fourth-order valence-electron chi connectivity index (χ4n) is 3.65. The second kappa shape index (κ2) is 5.65. The predicted molar refractivity (Wildman–Crippen MR) is 90.8 cm³/mol. The van der Waals surface area contributed by atoms with Crippen molar-refractivity contribution in [3.63, 3.8) is 0 Å². The van der Waals surface area contributed by atoms with Gasteiger partial charge in [-0.1, -0.05) is 36.4 Å². The van der Waals surface area contributed by atoms with Crippen molar-refractivity contribution in [2.75, 3.05) is 17.4 Å². The minimum Gasteiger partial charge on any atom is -0.294 e. The quantitative estimate of drug-likeness (QED) is 0.851. The zero-order valence-corrected chi connectivity index (χ0v) is 13.7. The van der Waals surface area contributed by atoms with Crippen LogP contribution in [0.2, 0.25) is 0 Å². The fraction of sp³-hybridized carbons (Fsp3) is 0.333. The summed E-state index contributed by atoms with van der Waals surface area (Å²) in [7, 11) is -3.53. The van der Waals surface area contributed by atoms with Crippen molar-refractivity contribution in [2.24, 2.45) is 0 Å². The van der Waals surface area contributed by atoms with E-state index in [0.29, 0.717) is 17.5 Å². The molecule has 120 valence electrons. The van der Waals surface area contributed by atoms with Crippen molar-refractivity contribution >= 4 is 15.7 Å². The minimum absolute atomic E-state index is 0.306. The van der Waals surface area contributed by atoms with Gasteiger partial charge in [-0.25, -0.2) is 8.42 Å². The first-order valence-corrected chi connectivity index (χ1v) is 9.50. The number of hydrogen-bond donors (Lipinski definition) is 0. The molecule has 1 fully saturated rings. The van der Waals surface area contributed by atoms with Crippen LogP contribution < -0.4 is 4.31 Å². The van der Waals surface area contributed by atoms with Crippen LogP contribution in [-0.2, 0) is 16.6 Å². The number of nitrogens with zero attached hydrogens (tertiary/aromatic N) is 2. The Balaban J connectivity index is 1.83. The van der Waals surface area contributed by atoms with Crippen LogP contribution in [0.5, 0.6) is 0 Å². The van der Waals surface area contributed by atoms with Crippen LogP contribution in [-0.4, -0.2) is 32.4 Å². The summed E-state index contributed by atoms with van der Waals surface area (Å²) in [5.74, 6) is 0. The van der Waals surface area contributed by atoms with Gasteiger partial charge in [-0.3, -0.25) is 9.21 Å². The molecule has 2 heterocycles. The number of benzene rings is 2. The van der Waals surface area contributed by atoms with E-state index in [-0.39, 0.29) is 0 Å². The lowest BCUT2D eigenvalue weighted by atomic mass is 10.2. The molecule has 0 spiro atoms. The molecule has 2 aromatic rings. The third-order valence-electron chi connectivity index (χ3n) is 4.84. The van der Waals surface area contributed by atoms with Gasteiger partial charge < -0.3 is 0 Å². The van der Waals surface area contributed by atoms with Gasteiger partial charge in [-0.15, -0.1) is 0 Å². The van der Waals surface area contributed by atoms with Crippen molar-refractivity contribution < 1.29 is 8.42 Å². The minimum atomic E-state index is -3.53. The third kappa shape index (κ3) is 2.54. The molecule has 2 aliphatic rings. The van der Waals surface area contributed by atoms with E-state index < -0.39 is 10.0 Å². The number of sulfonamides is 1. The van der Waals surface area contributed by atoms with Crippen LogP contribution in [0.25, 0.3) is 0 Å². The van der Waals surface area contributed by atoms with Crippen molar-refractivity contribution in [2.45, 2.75) is 30.3 Å². The van der Waals surface area contributed by atoms with E-state index in [9.17, 15) is 8.42 Å². The lowest BCUT2D eigenvalue weighted by Crippen LogP contribution is -2.40. The first kappa shape index (κ1) is 14.7. The largest absolute Gasteiger partial charge is 0.294 e. The highest BCUT2D eigenvalue weighted by atomic mass is 32.2. The van der Waals surface area contributed by atoms with Gasteiger partial charge in [-0.2, -0.15) is 0 Å². The Morgan fingerprint density at radius 3 is 2.52 bits per heavy atom. The van der Waals surface area contributed by atoms with Gasteiger partial charge in [-0.05, 0) is 43.1 Å². The second-order valence-corrected chi connectivity index (χ2v) is 8.11. The maximum Gasteiger partial charge on any atom is 0.264 e. The maximum atomic E-state index is 13.2. The van der Waals surface area contributed by atoms with Crippen molar-refractivity contribution in [1.82, 2.24) is 4.90 Å². The van der Waals surface area contributed by atoms with Gasteiger partial charge in [0.25, 0.3) is 10.0 Å². The van der Waals surface area contributed by atoms with Gasteiger partial charge in [0, 0.05) is 19.1 Å². The molecule has 0 aliphatic carbocycles. The number of anilines is 1. The van der Waals surface area contributed by atoms with Crippen LogP contribution >= 0.6 is 0 Å². The molecule has 2 aliphatic heterocycles. The van der Waals surface area contributed by atoms with Gasteiger partial charge in [0.2, 0.25) is 0 Å². The highest BCUT2D eigenvalue weighted by Gasteiger charge is 2.36. The van der Waals surface area contributed by atoms with E-state index in [1.54, 1.807) is 28.6 Å². The van der Waals surface area contributed by atoms with Crippen LogP contribution in [0.15, 0.2) is 59.5 Å². The normalized spacial score (nSPS) is 21.6. The van der Waals surface area contributed by atoms with Crippen molar-refractivity contribution in [3.05, 3.63) is 60.2 Å². The molecule has 5 heteroatoms. The molecule has 2 aromatic carbocycles. The Labute approximate surface area is 137 Å². The van der Waals surface area contributed by atoms with E-state index >= 15 is 0 Å². The summed E-state index contributed by atoms with van der Waals surface area (Å²) < 4.78 is 28.0. The molecule has 23 heavy (non-hydrogen) atoms. The molecule has 1 saturated heterocycles. The number of para-hydroxylation sites is 1. The van der Waals surface area contributed by atoms with Crippen LogP contribution in [0.4, 0.5) is 5.69 Å². The summed E-state index contributed by atoms with van der Waals surface area (Å²) in [5.41, 5.74) is 1.92. The van der Waals surface area contributed by atoms with Gasteiger partial charge in [0.1, 0.15) is 0 Å². The Bertz CT molecular complexity index is 805. The first-order valence-electron chi connectivity index (χ1n) is 8.06. The average molecular weight is 328 g/mol. The lowest BCUT2D eigenvalue weighted by molar-refractivity contribution is 0.257. The summed E-state index contributed by atoms with van der Waals surface area (Å²) in [4.78, 5) is 2.78. The molecule has 1 unspecified atom stereocenters. The molecule has 0 saturated carbocycles. The number of rotatable bonds is 2. The maximum absolute atomic E-state index is 13.2. The molecule has 0 amide bonds. The van der Waals surface area contributed by atoms with E-state index in [1.807, 2.05) is 30.3 Å². The van der Waals surface area contributed by atoms with E-state index in [4.69, 9.17) is 0 Å². The third-order valence-corrected chi connectivity index (χ3v) is 6.63. The van der Waals surface area contributed by atoms with Gasteiger partial charge in [0.15, 0.2) is 0 Å². The molecule has 4 nitrogen and oxygen atoms in total. The molecule has 0 radical (unpaired) electrons. The second-order valence-electron chi connectivity index (χ2n) is 6.24. The Morgan fingerprint density at radius 2 is 1.70 bits per heavy atom. The zero-order valence-electron chi connectivity index (χ0n) is 12.9. The summed E-state index contributed by atoms with van der Waals surface area (Å²) in [6, 6.07) is 16.9. The fourth-order valence-corrected chi connectivity index (χ4v) is 5.21. The molecule has 0 bridgehead atoms. The standard InChI is InChI=1S/C18H20N2O2S/c21-23(22,17-9-2-1-3-10-17)20-14-16-8-6-12-19(16)13-15-7-4-5-11-18(15)20/h1-5,7,9-11,16H,6,8,12-14H2. The zero-order chi connectivity index (χ0) is 15.9. The van der Waals surface area contributed by atoms with E-state index in [0.717, 1.165) is 37.2 Å². The summed E-state index contributed by atoms with van der Waals surface area (Å²) in [6.07, 6.45) is 2.21.